The molecule has 2 rings (SSSR count). The molecule has 1 aromatic rings. The number of esters is 1. The Morgan fingerprint density at radius 3 is 2.47 bits per heavy atom. The molecule has 1 aromatic carbocycles. The molecule has 0 spiro atoms. The van der Waals surface area contributed by atoms with Crippen LogP contribution in [0.2, 0.25) is 0 Å². The Hall–Kier alpha value is -2.04. The van der Waals surface area contributed by atoms with Crippen molar-refractivity contribution in [2.45, 2.75) is 19.3 Å². The second-order valence-corrected chi connectivity index (χ2v) is 4.53. The molecule has 1 aliphatic carbocycles. The number of aliphatic carboxylic acids is 1. The van der Waals surface area contributed by atoms with E-state index >= 15 is 0 Å². The number of benzene rings is 1. The van der Waals surface area contributed by atoms with Gasteiger partial charge in [-0.25, -0.2) is 0 Å². The summed E-state index contributed by atoms with van der Waals surface area (Å²) in [6.07, 6.45) is 0.285. The summed E-state index contributed by atoms with van der Waals surface area (Å²) in [5.41, 5.74) is -0.596. The van der Waals surface area contributed by atoms with Crippen molar-refractivity contribution in [2.24, 2.45) is 5.41 Å². The first kappa shape index (κ1) is 13.4. The summed E-state index contributed by atoms with van der Waals surface area (Å²) in [5, 5.41) is 9.31. The first-order valence-corrected chi connectivity index (χ1v) is 6.10. The van der Waals surface area contributed by atoms with E-state index in [0.717, 1.165) is 5.56 Å². The molecule has 2 atom stereocenters. The Bertz CT molecular complexity index is 493. The largest absolute Gasteiger partial charge is 0.497 e. The van der Waals surface area contributed by atoms with Gasteiger partial charge in [0.05, 0.1) is 13.7 Å². The summed E-state index contributed by atoms with van der Waals surface area (Å²) in [4.78, 5) is 23.2. The Morgan fingerprint density at radius 1 is 1.37 bits per heavy atom. The van der Waals surface area contributed by atoms with Crippen LogP contribution in [-0.2, 0) is 14.3 Å². The van der Waals surface area contributed by atoms with E-state index in [0.29, 0.717) is 5.75 Å². The molecule has 19 heavy (non-hydrogen) atoms. The fraction of sp³-hybridized carbons (Fsp3) is 0.429. The van der Waals surface area contributed by atoms with Gasteiger partial charge >= 0.3 is 11.9 Å². The molecule has 1 fully saturated rings. The number of rotatable bonds is 5. The fourth-order valence-electron chi connectivity index (χ4n) is 2.31. The molecule has 5 nitrogen and oxygen atoms in total. The van der Waals surface area contributed by atoms with E-state index in [1.807, 2.05) is 0 Å². The highest BCUT2D eigenvalue weighted by Gasteiger charge is 2.68. The van der Waals surface area contributed by atoms with Crippen molar-refractivity contribution < 1.29 is 24.2 Å². The Labute approximate surface area is 111 Å². The number of carbonyl (C=O) groups is 2. The van der Waals surface area contributed by atoms with E-state index < -0.39 is 17.4 Å². The van der Waals surface area contributed by atoms with Crippen LogP contribution in [0.1, 0.15) is 24.8 Å². The number of hydrogen-bond acceptors (Lipinski definition) is 4. The predicted molar refractivity (Wildman–Crippen MR) is 67.1 cm³/mol. The number of methoxy groups -OCH3 is 1. The monoisotopic (exact) mass is 264 g/mol. The van der Waals surface area contributed by atoms with E-state index in [4.69, 9.17) is 9.47 Å². The van der Waals surface area contributed by atoms with E-state index in [9.17, 15) is 14.7 Å². The number of ether oxygens (including phenoxy) is 2. The lowest BCUT2D eigenvalue weighted by Gasteiger charge is -2.11. The van der Waals surface area contributed by atoms with Crippen LogP contribution < -0.4 is 4.74 Å². The van der Waals surface area contributed by atoms with Crippen LogP contribution in [0, 0.1) is 5.41 Å². The maximum absolute atomic E-state index is 11.8. The molecular weight excluding hydrogens is 248 g/mol. The molecule has 0 bridgehead atoms. The third-order valence-electron chi connectivity index (χ3n) is 3.50. The van der Waals surface area contributed by atoms with E-state index in [-0.39, 0.29) is 18.9 Å². The van der Waals surface area contributed by atoms with E-state index in [2.05, 4.69) is 0 Å². The van der Waals surface area contributed by atoms with Crippen molar-refractivity contribution in [1.82, 2.24) is 0 Å². The lowest BCUT2D eigenvalue weighted by Crippen LogP contribution is -2.29. The summed E-state index contributed by atoms with van der Waals surface area (Å²) < 4.78 is 9.93. The van der Waals surface area contributed by atoms with Gasteiger partial charge in [0, 0.05) is 5.92 Å². The van der Waals surface area contributed by atoms with Gasteiger partial charge in [0.25, 0.3) is 0 Å². The van der Waals surface area contributed by atoms with Crippen LogP contribution in [0.5, 0.6) is 5.75 Å². The van der Waals surface area contributed by atoms with Crippen LogP contribution in [0.15, 0.2) is 24.3 Å². The lowest BCUT2D eigenvalue weighted by molar-refractivity contribution is -0.161. The van der Waals surface area contributed by atoms with Crippen LogP contribution in [0.4, 0.5) is 0 Å². The van der Waals surface area contributed by atoms with Gasteiger partial charge in [0.15, 0.2) is 5.41 Å². The SMILES string of the molecule is CCOC(=O)C1(C(=O)O)CC1c1ccc(OC)cc1. The average Bonchev–Trinajstić information content (AvgIpc) is 3.16. The van der Waals surface area contributed by atoms with Gasteiger partial charge in [-0.1, -0.05) is 12.1 Å². The van der Waals surface area contributed by atoms with E-state index in [1.54, 1.807) is 38.3 Å². The second kappa shape index (κ2) is 4.91. The van der Waals surface area contributed by atoms with Crippen molar-refractivity contribution in [3.63, 3.8) is 0 Å². The quantitative estimate of drug-likeness (QED) is 0.648. The van der Waals surface area contributed by atoms with Crippen LogP contribution >= 0.6 is 0 Å². The van der Waals surface area contributed by atoms with Crippen molar-refractivity contribution in [3.05, 3.63) is 29.8 Å². The summed E-state index contributed by atoms with van der Waals surface area (Å²) in [6, 6.07) is 7.08. The number of carboxylic acid groups (broad SMARTS) is 1. The maximum atomic E-state index is 11.8. The molecule has 0 heterocycles. The topological polar surface area (TPSA) is 72.8 Å². The first-order chi connectivity index (χ1) is 9.06. The summed E-state index contributed by atoms with van der Waals surface area (Å²) in [7, 11) is 1.56. The van der Waals surface area contributed by atoms with Crippen molar-refractivity contribution >= 4 is 11.9 Å². The summed E-state index contributed by atoms with van der Waals surface area (Å²) in [5.74, 6) is -1.40. The molecule has 5 heteroatoms. The average molecular weight is 264 g/mol. The lowest BCUT2D eigenvalue weighted by atomic mass is 9.99. The molecular formula is C14H16O5. The molecule has 0 amide bonds. The molecule has 1 aliphatic rings. The predicted octanol–water partition coefficient (Wildman–Crippen LogP) is 1.82. The van der Waals surface area contributed by atoms with Gasteiger partial charge in [0.2, 0.25) is 0 Å². The third-order valence-corrected chi connectivity index (χ3v) is 3.50. The molecule has 0 aliphatic heterocycles. The normalized spacial score (nSPS) is 24.6. The zero-order valence-corrected chi connectivity index (χ0v) is 10.9. The smallest absolute Gasteiger partial charge is 0.324 e. The number of carbonyl (C=O) groups excluding carboxylic acids is 1. The van der Waals surface area contributed by atoms with E-state index in [1.165, 1.54) is 0 Å². The molecule has 102 valence electrons. The van der Waals surface area contributed by atoms with Crippen LogP contribution in [0.25, 0.3) is 0 Å². The minimum absolute atomic E-state index is 0.184. The fourth-order valence-corrected chi connectivity index (χ4v) is 2.31. The number of hydrogen-bond donors (Lipinski definition) is 1. The molecule has 0 saturated heterocycles. The van der Waals surface area contributed by atoms with Gasteiger partial charge in [0.1, 0.15) is 5.75 Å². The van der Waals surface area contributed by atoms with Gasteiger partial charge in [-0.15, -0.1) is 0 Å². The first-order valence-electron chi connectivity index (χ1n) is 6.10. The van der Waals surface area contributed by atoms with Gasteiger partial charge < -0.3 is 14.6 Å². The van der Waals surface area contributed by atoms with Gasteiger partial charge in [-0.05, 0) is 31.0 Å². The molecule has 0 radical (unpaired) electrons. The van der Waals surface area contributed by atoms with Crippen molar-refractivity contribution in [2.75, 3.05) is 13.7 Å². The summed E-state index contributed by atoms with van der Waals surface area (Å²) in [6.45, 7) is 1.85. The van der Waals surface area contributed by atoms with Gasteiger partial charge in [-0.3, -0.25) is 9.59 Å². The molecule has 0 aromatic heterocycles. The molecule has 2 unspecified atom stereocenters. The Kier molecular flexibility index (Phi) is 3.46. The van der Waals surface area contributed by atoms with Crippen molar-refractivity contribution in [1.29, 1.82) is 0 Å². The highest BCUT2D eigenvalue weighted by molar-refractivity contribution is 6.04. The Balaban J connectivity index is 2.22. The second-order valence-electron chi connectivity index (χ2n) is 4.53. The highest BCUT2D eigenvalue weighted by Crippen LogP contribution is 2.60. The zero-order valence-electron chi connectivity index (χ0n) is 10.9. The number of carboxylic acids is 1. The minimum Gasteiger partial charge on any atom is -0.497 e. The molecule has 1 saturated carbocycles. The minimum atomic E-state index is -1.41. The molecule has 1 N–H and O–H groups in total. The highest BCUT2D eigenvalue weighted by atomic mass is 16.5. The zero-order chi connectivity index (χ0) is 14.0. The maximum Gasteiger partial charge on any atom is 0.324 e. The Morgan fingerprint density at radius 2 is 2.00 bits per heavy atom. The van der Waals surface area contributed by atoms with Gasteiger partial charge in [-0.2, -0.15) is 0 Å². The standard InChI is InChI=1S/C14H16O5/c1-3-19-13(17)14(12(15)16)8-11(14)9-4-6-10(18-2)7-5-9/h4-7,11H,3,8H2,1-2H3,(H,15,16). The third kappa shape index (κ3) is 2.16. The van der Waals surface area contributed by atoms with Crippen molar-refractivity contribution in [3.8, 4) is 5.75 Å². The van der Waals surface area contributed by atoms with Crippen LogP contribution in [-0.4, -0.2) is 30.8 Å². The van der Waals surface area contributed by atoms with Crippen LogP contribution in [0.3, 0.4) is 0 Å². The summed E-state index contributed by atoms with van der Waals surface area (Å²) >= 11 is 0.